The molecule has 6 nitrogen and oxygen atoms in total. The molecule has 0 fully saturated rings. The van der Waals surface area contributed by atoms with E-state index in [1.54, 1.807) is 23.6 Å². The first kappa shape index (κ1) is 20.3. The fraction of sp³-hybridized carbons (Fsp3) is 0.300. The van der Waals surface area contributed by atoms with Crippen LogP contribution < -0.4 is 4.80 Å². The molecule has 0 radical (unpaired) electrons. The van der Waals surface area contributed by atoms with E-state index in [2.05, 4.69) is 4.40 Å². The molecule has 1 heterocycles. The number of esters is 1. The molecule has 3 rings (SSSR count). The Hall–Kier alpha value is -2.45. The van der Waals surface area contributed by atoms with E-state index in [0.717, 1.165) is 26.9 Å². The molecule has 0 unspecified atom stereocenters. The van der Waals surface area contributed by atoms with Gasteiger partial charge in [0.2, 0.25) is 4.80 Å². The standard InChI is InChI=1S/C20H22N2O4S2/c1-5-26-18(23)12-22-17-11-14(3)10-15(4)19(17)27-20(22)21-28(24,25)16-8-6-13(2)7-9-16/h6-11H,5,12H2,1-4H3. The lowest BCUT2D eigenvalue weighted by atomic mass is 10.1. The molecule has 148 valence electrons. The number of ether oxygens (including phenoxy) is 1. The predicted octanol–water partition coefficient (Wildman–Crippen LogP) is 3.48. The number of hydrogen-bond donors (Lipinski definition) is 0. The molecular weight excluding hydrogens is 396 g/mol. The number of aryl methyl sites for hydroxylation is 3. The number of hydrogen-bond acceptors (Lipinski definition) is 5. The lowest BCUT2D eigenvalue weighted by Gasteiger charge is -2.06. The van der Waals surface area contributed by atoms with Gasteiger partial charge in [0.05, 0.1) is 21.7 Å². The van der Waals surface area contributed by atoms with Crippen LogP contribution >= 0.6 is 11.3 Å². The molecule has 0 bridgehead atoms. The van der Waals surface area contributed by atoms with Gasteiger partial charge in [-0.3, -0.25) is 4.79 Å². The fourth-order valence-electron chi connectivity index (χ4n) is 2.94. The van der Waals surface area contributed by atoms with Crippen molar-refractivity contribution in [2.24, 2.45) is 4.40 Å². The van der Waals surface area contributed by atoms with Crippen LogP contribution in [0, 0.1) is 20.8 Å². The SMILES string of the molecule is CCOC(=O)Cn1c(=NS(=O)(=O)c2ccc(C)cc2)sc2c(C)cc(C)cc21. The minimum atomic E-state index is -3.91. The van der Waals surface area contributed by atoms with Crippen molar-refractivity contribution in [1.82, 2.24) is 4.57 Å². The summed E-state index contributed by atoms with van der Waals surface area (Å²) in [6, 6.07) is 10.5. The van der Waals surface area contributed by atoms with Crippen LogP contribution in [0.15, 0.2) is 45.7 Å². The molecule has 0 saturated heterocycles. The third kappa shape index (κ3) is 4.18. The Morgan fingerprint density at radius 1 is 1.11 bits per heavy atom. The van der Waals surface area contributed by atoms with Crippen molar-refractivity contribution in [3.05, 3.63) is 57.9 Å². The fourth-order valence-corrected chi connectivity index (χ4v) is 5.22. The van der Waals surface area contributed by atoms with Crippen LogP contribution in [0.1, 0.15) is 23.6 Å². The number of nitrogens with zero attached hydrogens (tertiary/aromatic N) is 2. The van der Waals surface area contributed by atoms with Gasteiger partial charge < -0.3 is 9.30 Å². The molecular formula is C20H22N2O4S2. The highest BCUT2D eigenvalue weighted by Crippen LogP contribution is 2.24. The lowest BCUT2D eigenvalue weighted by molar-refractivity contribution is -0.143. The first-order valence-electron chi connectivity index (χ1n) is 8.85. The van der Waals surface area contributed by atoms with Crippen molar-refractivity contribution in [2.45, 2.75) is 39.1 Å². The summed E-state index contributed by atoms with van der Waals surface area (Å²) in [5.74, 6) is -0.435. The molecule has 2 aromatic carbocycles. The predicted molar refractivity (Wildman–Crippen MR) is 110 cm³/mol. The summed E-state index contributed by atoms with van der Waals surface area (Å²) in [6.07, 6.45) is 0. The summed E-state index contributed by atoms with van der Waals surface area (Å²) in [5, 5.41) is 0. The maximum Gasteiger partial charge on any atom is 0.326 e. The number of carbonyl (C=O) groups is 1. The molecule has 28 heavy (non-hydrogen) atoms. The van der Waals surface area contributed by atoms with Crippen molar-refractivity contribution in [3.63, 3.8) is 0 Å². The van der Waals surface area contributed by atoms with Crippen molar-refractivity contribution < 1.29 is 17.9 Å². The molecule has 0 saturated carbocycles. The zero-order chi connectivity index (χ0) is 20.5. The number of fused-ring (bicyclic) bond motifs is 1. The van der Waals surface area contributed by atoms with Crippen molar-refractivity contribution >= 4 is 37.5 Å². The van der Waals surface area contributed by atoms with E-state index in [0.29, 0.717) is 0 Å². The summed E-state index contributed by atoms with van der Waals surface area (Å²) >= 11 is 1.25. The van der Waals surface area contributed by atoms with Crippen LogP contribution in [-0.2, 0) is 26.1 Å². The van der Waals surface area contributed by atoms with Gasteiger partial charge in [0.25, 0.3) is 10.0 Å². The second kappa shape index (κ2) is 7.89. The zero-order valence-electron chi connectivity index (χ0n) is 16.2. The van der Waals surface area contributed by atoms with Crippen LogP contribution in [-0.4, -0.2) is 25.6 Å². The summed E-state index contributed by atoms with van der Waals surface area (Å²) in [4.78, 5) is 12.5. The Kier molecular flexibility index (Phi) is 5.71. The number of carbonyl (C=O) groups excluding carboxylic acids is 1. The van der Waals surface area contributed by atoms with Crippen LogP contribution in [0.2, 0.25) is 0 Å². The summed E-state index contributed by atoms with van der Waals surface area (Å²) in [5.41, 5.74) is 3.76. The summed E-state index contributed by atoms with van der Waals surface area (Å²) in [6.45, 7) is 7.69. The molecule has 0 spiro atoms. The second-order valence-corrected chi connectivity index (χ2v) is 9.17. The maximum absolute atomic E-state index is 12.8. The normalized spacial score (nSPS) is 12.5. The molecule has 0 aliphatic heterocycles. The third-order valence-electron chi connectivity index (χ3n) is 4.22. The molecule has 0 N–H and O–H groups in total. The molecule has 0 atom stereocenters. The highest BCUT2D eigenvalue weighted by atomic mass is 32.2. The van der Waals surface area contributed by atoms with E-state index < -0.39 is 16.0 Å². The quantitative estimate of drug-likeness (QED) is 0.595. The largest absolute Gasteiger partial charge is 0.465 e. The van der Waals surface area contributed by atoms with Crippen LogP contribution in [0.25, 0.3) is 10.2 Å². The highest BCUT2D eigenvalue weighted by molar-refractivity contribution is 7.90. The Balaban J connectivity index is 2.24. The topological polar surface area (TPSA) is 77.7 Å². The van der Waals surface area contributed by atoms with E-state index in [1.807, 2.05) is 32.9 Å². The zero-order valence-corrected chi connectivity index (χ0v) is 17.9. The van der Waals surface area contributed by atoms with E-state index in [1.165, 1.54) is 23.5 Å². The van der Waals surface area contributed by atoms with Gasteiger partial charge in [-0.2, -0.15) is 8.42 Å². The Bertz CT molecular complexity index is 1200. The average molecular weight is 419 g/mol. The maximum atomic E-state index is 12.8. The van der Waals surface area contributed by atoms with Gasteiger partial charge >= 0.3 is 5.97 Å². The third-order valence-corrected chi connectivity index (χ3v) is 6.85. The minimum Gasteiger partial charge on any atom is -0.465 e. The van der Waals surface area contributed by atoms with Crippen LogP contribution in [0.5, 0.6) is 0 Å². The van der Waals surface area contributed by atoms with Crippen molar-refractivity contribution in [3.8, 4) is 0 Å². The molecule has 0 amide bonds. The van der Waals surface area contributed by atoms with E-state index in [4.69, 9.17) is 4.74 Å². The highest BCUT2D eigenvalue weighted by Gasteiger charge is 2.17. The molecule has 8 heteroatoms. The van der Waals surface area contributed by atoms with Gasteiger partial charge in [0, 0.05) is 0 Å². The Morgan fingerprint density at radius 2 is 1.79 bits per heavy atom. The monoisotopic (exact) mass is 418 g/mol. The Morgan fingerprint density at radius 3 is 2.43 bits per heavy atom. The first-order chi connectivity index (χ1) is 13.2. The summed E-state index contributed by atoms with van der Waals surface area (Å²) < 4.78 is 37.3. The van der Waals surface area contributed by atoms with Gasteiger partial charge in [-0.15, -0.1) is 4.40 Å². The van der Waals surface area contributed by atoms with E-state index >= 15 is 0 Å². The summed E-state index contributed by atoms with van der Waals surface area (Å²) in [7, 11) is -3.91. The first-order valence-corrected chi connectivity index (χ1v) is 11.1. The number of benzene rings is 2. The van der Waals surface area contributed by atoms with Crippen LogP contribution in [0.3, 0.4) is 0 Å². The van der Waals surface area contributed by atoms with E-state index in [9.17, 15) is 13.2 Å². The van der Waals surface area contributed by atoms with Gasteiger partial charge in [0.15, 0.2) is 0 Å². The lowest BCUT2D eigenvalue weighted by Crippen LogP contribution is -2.23. The van der Waals surface area contributed by atoms with Gasteiger partial charge in [0.1, 0.15) is 6.54 Å². The number of sulfonamides is 1. The van der Waals surface area contributed by atoms with Gasteiger partial charge in [-0.25, -0.2) is 0 Å². The van der Waals surface area contributed by atoms with E-state index in [-0.39, 0.29) is 22.8 Å². The van der Waals surface area contributed by atoms with Gasteiger partial charge in [-0.05, 0) is 57.0 Å². The van der Waals surface area contributed by atoms with Crippen molar-refractivity contribution in [2.75, 3.05) is 6.61 Å². The van der Waals surface area contributed by atoms with Crippen LogP contribution in [0.4, 0.5) is 0 Å². The molecule has 0 aliphatic carbocycles. The average Bonchev–Trinajstić information content (AvgIpc) is 2.93. The number of aromatic nitrogens is 1. The second-order valence-electron chi connectivity index (χ2n) is 6.59. The van der Waals surface area contributed by atoms with Gasteiger partial charge in [-0.1, -0.05) is 35.1 Å². The molecule has 3 aromatic rings. The van der Waals surface area contributed by atoms with Crippen molar-refractivity contribution in [1.29, 1.82) is 0 Å². The number of thiazole rings is 1. The molecule has 1 aromatic heterocycles. The smallest absolute Gasteiger partial charge is 0.326 e. The Labute approximate surface area is 168 Å². The minimum absolute atomic E-state index is 0.0982. The molecule has 0 aliphatic rings. The number of rotatable bonds is 5.